The Hall–Kier alpha value is -2.40. The summed E-state index contributed by atoms with van der Waals surface area (Å²) in [6.45, 7) is 1.02. The van der Waals surface area contributed by atoms with Crippen LogP contribution < -0.4 is 14.2 Å². The van der Waals surface area contributed by atoms with Gasteiger partial charge in [-0.25, -0.2) is 0 Å². The van der Waals surface area contributed by atoms with Gasteiger partial charge >= 0.3 is 0 Å². The molecule has 5 heteroatoms. The van der Waals surface area contributed by atoms with Gasteiger partial charge < -0.3 is 23.8 Å². The molecule has 0 aliphatic carbocycles. The fourth-order valence-electron chi connectivity index (χ4n) is 3.85. The average Bonchev–Trinajstić information content (AvgIpc) is 2.63. The van der Waals surface area contributed by atoms with Crippen LogP contribution >= 0.6 is 0 Å². The number of nitrogens with zero attached hydrogens (tertiary/aromatic N) is 1. The predicted molar refractivity (Wildman–Crippen MR) is 101 cm³/mol. The van der Waals surface area contributed by atoms with Crippen LogP contribution in [0.1, 0.15) is 22.7 Å². The molecule has 2 aromatic carbocycles. The Bertz CT molecular complexity index is 801. The van der Waals surface area contributed by atoms with Gasteiger partial charge in [-0.05, 0) is 35.4 Å². The van der Waals surface area contributed by atoms with E-state index in [4.69, 9.17) is 14.2 Å². The van der Waals surface area contributed by atoms with Crippen LogP contribution in [0.4, 0.5) is 0 Å². The number of likely N-dealkylation sites (N-methyl/N-ethyl adjacent to an activating group) is 1. The largest absolute Gasteiger partial charge is 0.504 e. The number of aromatic hydroxyl groups is 1. The van der Waals surface area contributed by atoms with Crippen molar-refractivity contribution >= 4 is 0 Å². The Morgan fingerprint density at radius 1 is 0.962 bits per heavy atom. The van der Waals surface area contributed by atoms with Gasteiger partial charge in [0.05, 0.1) is 42.0 Å². The normalized spacial score (nSPS) is 18.1. The Morgan fingerprint density at radius 2 is 1.65 bits per heavy atom. The summed E-state index contributed by atoms with van der Waals surface area (Å²) in [5, 5.41) is 10.1. The van der Waals surface area contributed by atoms with Crippen LogP contribution in [-0.4, -0.2) is 51.6 Å². The molecule has 0 aromatic heterocycles. The lowest BCUT2D eigenvalue weighted by Crippen LogP contribution is -2.48. The van der Waals surface area contributed by atoms with E-state index in [1.165, 1.54) is 16.7 Å². The third kappa shape index (κ3) is 3.31. The smallest absolute Gasteiger partial charge is 0.161 e. The molecule has 0 saturated carbocycles. The number of rotatable bonds is 5. The van der Waals surface area contributed by atoms with Crippen molar-refractivity contribution < 1.29 is 23.8 Å². The van der Waals surface area contributed by atoms with Crippen molar-refractivity contribution in [2.45, 2.75) is 18.9 Å². The number of phenolic OH excluding ortho intramolecular Hbond substituents is 1. The summed E-state index contributed by atoms with van der Waals surface area (Å²) in [5.41, 5.74) is 3.63. The summed E-state index contributed by atoms with van der Waals surface area (Å²) in [5.74, 6) is 2.22. The first-order valence-corrected chi connectivity index (χ1v) is 8.83. The fourth-order valence-corrected chi connectivity index (χ4v) is 3.85. The molecule has 0 spiro atoms. The summed E-state index contributed by atoms with van der Waals surface area (Å²) in [6, 6.07) is 10.2. The van der Waals surface area contributed by atoms with Crippen molar-refractivity contribution in [3.63, 3.8) is 0 Å². The van der Waals surface area contributed by atoms with Gasteiger partial charge in [-0.2, -0.15) is 0 Å². The van der Waals surface area contributed by atoms with Crippen molar-refractivity contribution in [3.8, 4) is 23.0 Å². The molecule has 1 atom stereocenters. The number of benzene rings is 2. The highest BCUT2D eigenvalue weighted by molar-refractivity contribution is 5.49. The number of methoxy groups -OCH3 is 3. The summed E-state index contributed by atoms with van der Waals surface area (Å²) < 4.78 is 17.0. The Morgan fingerprint density at radius 3 is 2.31 bits per heavy atom. The standard InChI is InChI=1S/C21H27NO4/c1-22(2)9-8-15-12-18(23)20(25-4)13-16(15)17(22)10-14-6-7-19(24-3)21(11-14)26-5/h6-7,11-13,17H,8-10H2,1-5H3/p+1. The average molecular weight is 358 g/mol. The van der Waals surface area contributed by atoms with E-state index in [1.54, 1.807) is 21.3 Å². The van der Waals surface area contributed by atoms with Gasteiger partial charge in [0.2, 0.25) is 0 Å². The lowest BCUT2D eigenvalue weighted by atomic mass is 9.87. The van der Waals surface area contributed by atoms with E-state index >= 15 is 0 Å². The zero-order chi connectivity index (χ0) is 18.9. The molecule has 2 aromatic rings. The molecular weight excluding hydrogens is 330 g/mol. The molecule has 1 heterocycles. The van der Waals surface area contributed by atoms with E-state index < -0.39 is 0 Å². The van der Waals surface area contributed by atoms with Crippen LogP contribution in [0.3, 0.4) is 0 Å². The molecule has 0 radical (unpaired) electrons. The van der Waals surface area contributed by atoms with E-state index in [9.17, 15) is 5.11 Å². The van der Waals surface area contributed by atoms with Gasteiger partial charge in [0.15, 0.2) is 23.0 Å². The van der Waals surface area contributed by atoms with Crippen molar-refractivity contribution in [2.75, 3.05) is 42.0 Å². The van der Waals surface area contributed by atoms with Gasteiger partial charge in [-0.15, -0.1) is 0 Å². The fraction of sp³-hybridized carbons (Fsp3) is 0.429. The van der Waals surface area contributed by atoms with Crippen LogP contribution in [0.5, 0.6) is 23.0 Å². The number of hydrogen-bond donors (Lipinski definition) is 1. The Kier molecular flexibility index (Phi) is 5.01. The molecule has 1 N–H and O–H groups in total. The molecule has 1 aliphatic heterocycles. The number of phenols is 1. The number of fused-ring (bicyclic) bond motifs is 1. The predicted octanol–water partition coefficient (Wildman–Crippen LogP) is 3.33. The molecule has 1 unspecified atom stereocenters. The minimum atomic E-state index is 0.211. The molecule has 0 fully saturated rings. The van der Waals surface area contributed by atoms with E-state index in [2.05, 4.69) is 20.2 Å². The molecule has 0 saturated heterocycles. The lowest BCUT2D eigenvalue weighted by molar-refractivity contribution is -0.923. The first-order chi connectivity index (χ1) is 12.4. The van der Waals surface area contributed by atoms with Crippen LogP contribution in [0, 0.1) is 0 Å². The number of quaternary nitrogens is 1. The number of ether oxygens (including phenoxy) is 3. The summed E-state index contributed by atoms with van der Waals surface area (Å²) in [7, 11) is 9.41. The highest BCUT2D eigenvalue weighted by atomic mass is 16.5. The summed E-state index contributed by atoms with van der Waals surface area (Å²) in [4.78, 5) is 0. The van der Waals surface area contributed by atoms with E-state index in [1.807, 2.05) is 24.3 Å². The quantitative estimate of drug-likeness (QED) is 0.833. The second-order valence-corrected chi connectivity index (χ2v) is 7.38. The Balaban J connectivity index is 2.01. The van der Waals surface area contributed by atoms with E-state index in [0.29, 0.717) is 5.75 Å². The minimum absolute atomic E-state index is 0.211. The van der Waals surface area contributed by atoms with Gasteiger partial charge in [-0.1, -0.05) is 6.07 Å². The number of hydrogen-bond acceptors (Lipinski definition) is 4. The molecule has 140 valence electrons. The topological polar surface area (TPSA) is 47.9 Å². The van der Waals surface area contributed by atoms with E-state index in [0.717, 1.165) is 35.4 Å². The SMILES string of the molecule is COc1cc2c(cc1O)CC[N+](C)(C)C2Cc1ccc(OC)c(OC)c1. The third-order valence-electron chi connectivity index (χ3n) is 5.48. The summed E-state index contributed by atoms with van der Waals surface area (Å²) in [6.07, 6.45) is 1.82. The van der Waals surface area contributed by atoms with Crippen molar-refractivity contribution in [1.82, 2.24) is 0 Å². The maximum Gasteiger partial charge on any atom is 0.161 e. The molecular formula is C21H28NO4+. The summed E-state index contributed by atoms with van der Waals surface area (Å²) >= 11 is 0. The minimum Gasteiger partial charge on any atom is -0.504 e. The first kappa shape index (κ1) is 18.4. The highest BCUT2D eigenvalue weighted by Gasteiger charge is 2.36. The van der Waals surface area contributed by atoms with Crippen LogP contribution in [0.2, 0.25) is 0 Å². The Labute approximate surface area is 155 Å². The zero-order valence-corrected chi connectivity index (χ0v) is 16.2. The van der Waals surface area contributed by atoms with Gasteiger partial charge in [0.1, 0.15) is 6.04 Å². The monoisotopic (exact) mass is 358 g/mol. The van der Waals surface area contributed by atoms with Gasteiger partial charge in [0, 0.05) is 18.4 Å². The van der Waals surface area contributed by atoms with Gasteiger partial charge in [0.25, 0.3) is 0 Å². The van der Waals surface area contributed by atoms with Crippen LogP contribution in [0.15, 0.2) is 30.3 Å². The van der Waals surface area contributed by atoms with E-state index in [-0.39, 0.29) is 11.8 Å². The van der Waals surface area contributed by atoms with Crippen LogP contribution in [-0.2, 0) is 12.8 Å². The van der Waals surface area contributed by atoms with Crippen molar-refractivity contribution in [3.05, 3.63) is 47.0 Å². The molecule has 5 nitrogen and oxygen atoms in total. The first-order valence-electron chi connectivity index (χ1n) is 8.83. The van der Waals surface area contributed by atoms with Crippen molar-refractivity contribution in [2.24, 2.45) is 0 Å². The highest BCUT2D eigenvalue weighted by Crippen LogP contribution is 2.41. The molecule has 26 heavy (non-hydrogen) atoms. The maximum atomic E-state index is 10.1. The molecule has 0 bridgehead atoms. The second kappa shape index (κ2) is 7.08. The van der Waals surface area contributed by atoms with Crippen LogP contribution in [0.25, 0.3) is 0 Å². The molecule has 3 rings (SSSR count). The molecule has 0 amide bonds. The second-order valence-electron chi connectivity index (χ2n) is 7.38. The lowest BCUT2D eigenvalue weighted by Gasteiger charge is -2.43. The zero-order valence-electron chi connectivity index (χ0n) is 16.2. The van der Waals surface area contributed by atoms with Crippen molar-refractivity contribution in [1.29, 1.82) is 0 Å². The third-order valence-corrected chi connectivity index (χ3v) is 5.48. The van der Waals surface area contributed by atoms with Gasteiger partial charge in [-0.3, -0.25) is 0 Å². The maximum absolute atomic E-state index is 10.1. The molecule has 1 aliphatic rings.